The summed E-state index contributed by atoms with van der Waals surface area (Å²) >= 11 is 0. The summed E-state index contributed by atoms with van der Waals surface area (Å²) in [6.45, 7) is 4.26. The van der Waals surface area contributed by atoms with Gasteiger partial charge >= 0.3 is 0 Å². The minimum Gasteiger partial charge on any atom is -0.394 e. The number of hydrogen-bond donors (Lipinski definition) is 2. The van der Waals surface area contributed by atoms with Gasteiger partial charge in [0.05, 0.1) is 18.8 Å². The lowest BCUT2D eigenvalue weighted by atomic mass is 10.0. The van der Waals surface area contributed by atoms with Crippen molar-refractivity contribution >= 4 is 5.82 Å². The largest absolute Gasteiger partial charge is 0.394 e. The van der Waals surface area contributed by atoms with Gasteiger partial charge in [-0.25, -0.2) is 13.8 Å². The number of aromatic nitrogens is 1. The molecule has 4 atom stereocenters. The van der Waals surface area contributed by atoms with Gasteiger partial charge in [-0.2, -0.15) is 0 Å². The zero-order valence-corrected chi connectivity index (χ0v) is 21.2. The Labute approximate surface area is 221 Å². The first-order valence-corrected chi connectivity index (χ1v) is 13.1. The Balaban J connectivity index is 1.32. The first-order chi connectivity index (χ1) is 18.5. The highest BCUT2D eigenvalue weighted by Gasteiger charge is 2.47. The zero-order chi connectivity index (χ0) is 26.5. The smallest absolute Gasteiger partial charge is 0.128 e. The molecule has 2 saturated heterocycles. The summed E-state index contributed by atoms with van der Waals surface area (Å²) in [7, 11) is 0. The molecule has 3 aromatic rings. The fourth-order valence-electron chi connectivity index (χ4n) is 5.50. The highest BCUT2D eigenvalue weighted by Crippen LogP contribution is 2.29. The average Bonchev–Trinajstić information content (AvgIpc) is 3.26. The van der Waals surface area contributed by atoms with E-state index in [1.54, 1.807) is 30.5 Å². The number of hydrogen-bond acceptors (Lipinski definition) is 7. The molecular weight excluding hydrogens is 490 g/mol. The molecule has 1 aromatic heterocycles. The van der Waals surface area contributed by atoms with E-state index in [0.717, 1.165) is 43.1 Å². The summed E-state index contributed by atoms with van der Waals surface area (Å²) in [6, 6.07) is 18.3. The summed E-state index contributed by atoms with van der Waals surface area (Å²) in [5, 5.41) is 21.1. The number of anilines is 1. The second-order valence-electron chi connectivity index (χ2n) is 10.0. The van der Waals surface area contributed by atoms with E-state index in [9.17, 15) is 19.0 Å². The lowest BCUT2D eigenvalue weighted by Crippen LogP contribution is -2.57. The molecule has 0 aliphatic carbocycles. The van der Waals surface area contributed by atoms with E-state index < -0.39 is 12.2 Å². The number of aliphatic hydroxyl groups is 2. The summed E-state index contributed by atoms with van der Waals surface area (Å²) in [5.41, 5.74) is 1.87. The number of aliphatic hydroxyl groups excluding tert-OH is 2. The van der Waals surface area contributed by atoms with E-state index in [1.165, 1.54) is 24.3 Å². The fourth-order valence-corrected chi connectivity index (χ4v) is 5.50. The number of benzene rings is 2. The van der Waals surface area contributed by atoms with Gasteiger partial charge in [-0.05, 0) is 47.5 Å². The molecule has 0 radical (unpaired) electrons. The summed E-state index contributed by atoms with van der Waals surface area (Å²) < 4.78 is 33.3. The van der Waals surface area contributed by atoms with E-state index in [-0.39, 0.29) is 30.4 Å². The first-order valence-electron chi connectivity index (χ1n) is 13.1. The Bertz CT molecular complexity index is 1100. The summed E-state index contributed by atoms with van der Waals surface area (Å²) in [5.74, 6) is 0.346. The molecule has 3 heterocycles. The van der Waals surface area contributed by atoms with Crippen molar-refractivity contribution in [3.63, 3.8) is 0 Å². The fraction of sp³-hybridized carbons (Fsp3) is 0.414. The van der Waals surface area contributed by atoms with Gasteiger partial charge in [0.1, 0.15) is 29.7 Å². The van der Waals surface area contributed by atoms with Crippen LogP contribution in [0.15, 0.2) is 72.9 Å². The number of halogens is 2. The molecule has 202 valence electrons. The van der Waals surface area contributed by atoms with Crippen LogP contribution in [0.2, 0.25) is 0 Å². The molecule has 0 saturated carbocycles. The summed E-state index contributed by atoms with van der Waals surface area (Å²) in [6.07, 6.45) is -0.0683. The van der Waals surface area contributed by atoms with Crippen LogP contribution in [0.5, 0.6) is 0 Å². The molecule has 2 N–H and O–H groups in total. The van der Waals surface area contributed by atoms with Crippen LogP contribution in [0.25, 0.3) is 0 Å². The van der Waals surface area contributed by atoms with Crippen LogP contribution >= 0.6 is 0 Å². The predicted octanol–water partition coefficient (Wildman–Crippen LogP) is 2.67. The van der Waals surface area contributed by atoms with E-state index in [1.807, 2.05) is 18.2 Å². The van der Waals surface area contributed by atoms with Gasteiger partial charge in [-0.15, -0.1) is 0 Å². The molecule has 0 amide bonds. The van der Waals surface area contributed by atoms with Gasteiger partial charge in [0.2, 0.25) is 0 Å². The molecule has 2 fully saturated rings. The maximum atomic E-state index is 13.5. The molecule has 0 spiro atoms. The summed E-state index contributed by atoms with van der Waals surface area (Å²) in [4.78, 5) is 11.1. The third-order valence-corrected chi connectivity index (χ3v) is 7.43. The maximum Gasteiger partial charge on any atom is 0.128 e. The molecule has 9 heteroatoms. The Kier molecular flexibility index (Phi) is 8.61. The quantitative estimate of drug-likeness (QED) is 0.446. The lowest BCUT2D eigenvalue weighted by molar-refractivity contribution is -0.0325. The first kappa shape index (κ1) is 26.6. The molecule has 2 aliphatic rings. The van der Waals surface area contributed by atoms with Crippen molar-refractivity contribution in [1.29, 1.82) is 0 Å². The van der Waals surface area contributed by atoms with Gasteiger partial charge in [-0.3, -0.25) is 9.80 Å². The van der Waals surface area contributed by atoms with Crippen molar-refractivity contribution in [3.8, 4) is 0 Å². The minimum atomic E-state index is -0.829. The van der Waals surface area contributed by atoms with Gasteiger partial charge in [0.15, 0.2) is 0 Å². The van der Waals surface area contributed by atoms with Crippen molar-refractivity contribution in [2.45, 2.75) is 37.4 Å². The van der Waals surface area contributed by atoms with Gasteiger partial charge in [0.25, 0.3) is 0 Å². The van der Waals surface area contributed by atoms with Crippen LogP contribution < -0.4 is 4.90 Å². The molecular formula is C29H34F2N4O3. The minimum absolute atomic E-state index is 0.266. The second kappa shape index (κ2) is 12.3. The van der Waals surface area contributed by atoms with Gasteiger partial charge in [0, 0.05) is 52.0 Å². The topological polar surface area (TPSA) is 72.3 Å². The third-order valence-electron chi connectivity index (χ3n) is 7.43. The van der Waals surface area contributed by atoms with Crippen molar-refractivity contribution < 1.29 is 23.7 Å². The molecule has 38 heavy (non-hydrogen) atoms. The average molecular weight is 525 g/mol. The zero-order valence-electron chi connectivity index (χ0n) is 21.2. The van der Waals surface area contributed by atoms with Crippen LogP contribution in [0, 0.1) is 11.6 Å². The standard InChI is InChI=1S/C29H34F2N4O3/c30-23-8-4-21(5-9-23)17-33(18-22-6-10-24(31)11-7-22)19-25-28(29(37)26(20-36)38-25)35-15-13-34(14-16-35)27-3-1-2-12-32-27/h1-12,25-26,28-29,36-37H,13-20H2/t25-,26+,28+,29-/m1/s1. The molecule has 7 nitrogen and oxygen atoms in total. The molecule has 2 aliphatic heterocycles. The Morgan fingerprint density at radius 2 is 1.45 bits per heavy atom. The Morgan fingerprint density at radius 1 is 0.842 bits per heavy atom. The monoisotopic (exact) mass is 524 g/mol. The molecule has 0 unspecified atom stereocenters. The number of ether oxygens (including phenoxy) is 1. The van der Waals surface area contributed by atoms with Crippen LogP contribution in [0.1, 0.15) is 11.1 Å². The maximum absolute atomic E-state index is 13.5. The van der Waals surface area contributed by atoms with Gasteiger partial charge in [-0.1, -0.05) is 30.3 Å². The number of rotatable bonds is 9. The number of nitrogens with zero attached hydrogens (tertiary/aromatic N) is 4. The van der Waals surface area contributed by atoms with E-state index in [2.05, 4.69) is 19.7 Å². The normalized spacial score (nSPS) is 24.3. The van der Waals surface area contributed by atoms with E-state index >= 15 is 0 Å². The van der Waals surface area contributed by atoms with Crippen LogP contribution in [0.4, 0.5) is 14.6 Å². The van der Waals surface area contributed by atoms with Crippen LogP contribution in [0.3, 0.4) is 0 Å². The van der Waals surface area contributed by atoms with E-state index in [4.69, 9.17) is 4.74 Å². The highest BCUT2D eigenvalue weighted by atomic mass is 19.1. The third kappa shape index (κ3) is 6.36. The molecule has 0 bridgehead atoms. The van der Waals surface area contributed by atoms with E-state index in [0.29, 0.717) is 19.6 Å². The van der Waals surface area contributed by atoms with Gasteiger partial charge < -0.3 is 19.8 Å². The lowest BCUT2D eigenvalue weighted by Gasteiger charge is -2.41. The van der Waals surface area contributed by atoms with Crippen molar-refractivity contribution in [2.75, 3.05) is 44.2 Å². The molecule has 5 rings (SSSR count). The highest BCUT2D eigenvalue weighted by molar-refractivity contribution is 5.38. The van der Waals surface area contributed by atoms with Crippen molar-refractivity contribution in [1.82, 2.24) is 14.8 Å². The van der Waals surface area contributed by atoms with Crippen molar-refractivity contribution in [3.05, 3.63) is 95.7 Å². The number of pyridine rings is 1. The second-order valence-corrected chi connectivity index (χ2v) is 10.0. The molecule has 2 aromatic carbocycles. The van der Waals surface area contributed by atoms with Crippen LogP contribution in [-0.2, 0) is 17.8 Å². The van der Waals surface area contributed by atoms with Crippen LogP contribution in [-0.4, -0.2) is 88.7 Å². The SMILES string of the molecule is OC[C@@H]1O[C@H](CN(Cc2ccc(F)cc2)Cc2ccc(F)cc2)[C@H](N2CCN(c3ccccn3)CC2)[C@@H]1O. The number of piperazine rings is 1. The Hall–Kier alpha value is -2.95. The van der Waals surface area contributed by atoms with Crippen molar-refractivity contribution in [2.24, 2.45) is 0 Å². The Morgan fingerprint density at radius 3 is 1.97 bits per heavy atom. The predicted molar refractivity (Wildman–Crippen MR) is 140 cm³/mol.